The zero-order chi connectivity index (χ0) is 18.7. The van der Waals surface area contributed by atoms with Gasteiger partial charge in [0, 0.05) is 34.4 Å². The number of aliphatic imine (C=N–C) groups is 2. The van der Waals surface area contributed by atoms with E-state index in [1.165, 1.54) is 0 Å². The van der Waals surface area contributed by atoms with Crippen LogP contribution in [0.3, 0.4) is 0 Å². The summed E-state index contributed by atoms with van der Waals surface area (Å²) in [5, 5.41) is 4.40. The van der Waals surface area contributed by atoms with Gasteiger partial charge in [0.25, 0.3) is 0 Å². The standard InChI is InChI=1S/C18H20N6O2/c1-22(2)11-15-18(25)26-17(21-15)14-10-20-24(13-8-6-5-7-9-13)16(14)19-12-23(3)4/h5-12H,1-4H3. The normalized spacial score (nSPS) is 15.5. The van der Waals surface area contributed by atoms with Gasteiger partial charge >= 0.3 is 5.97 Å². The van der Waals surface area contributed by atoms with Crippen LogP contribution in [0.2, 0.25) is 0 Å². The van der Waals surface area contributed by atoms with E-state index in [1.807, 2.05) is 63.4 Å². The number of esters is 1. The third-order valence-corrected chi connectivity index (χ3v) is 3.39. The molecule has 3 rings (SSSR count). The van der Waals surface area contributed by atoms with Crippen molar-refractivity contribution in [3.05, 3.63) is 54.0 Å². The predicted molar refractivity (Wildman–Crippen MR) is 99.8 cm³/mol. The van der Waals surface area contributed by atoms with Gasteiger partial charge < -0.3 is 14.5 Å². The van der Waals surface area contributed by atoms with Crippen molar-refractivity contribution in [3.63, 3.8) is 0 Å². The van der Waals surface area contributed by atoms with Crippen molar-refractivity contribution < 1.29 is 9.53 Å². The highest BCUT2D eigenvalue weighted by Gasteiger charge is 2.28. The second-order valence-electron chi connectivity index (χ2n) is 6.12. The Morgan fingerprint density at radius 2 is 1.85 bits per heavy atom. The van der Waals surface area contributed by atoms with Gasteiger partial charge in [-0.15, -0.1) is 0 Å². The second kappa shape index (κ2) is 7.22. The molecule has 0 aliphatic carbocycles. The zero-order valence-electron chi connectivity index (χ0n) is 15.1. The zero-order valence-corrected chi connectivity index (χ0v) is 15.1. The summed E-state index contributed by atoms with van der Waals surface area (Å²) in [5.74, 6) is 0.224. The Morgan fingerprint density at radius 1 is 1.12 bits per heavy atom. The maximum atomic E-state index is 12.0. The van der Waals surface area contributed by atoms with Gasteiger partial charge in [0.05, 0.1) is 18.2 Å². The van der Waals surface area contributed by atoms with Crippen LogP contribution in [-0.2, 0) is 9.53 Å². The van der Waals surface area contributed by atoms with Gasteiger partial charge in [0.1, 0.15) is 5.56 Å². The minimum absolute atomic E-state index is 0.191. The summed E-state index contributed by atoms with van der Waals surface area (Å²) >= 11 is 0. The van der Waals surface area contributed by atoms with Crippen molar-refractivity contribution in [2.24, 2.45) is 9.98 Å². The molecule has 26 heavy (non-hydrogen) atoms. The molecule has 0 N–H and O–H groups in total. The number of rotatable bonds is 5. The van der Waals surface area contributed by atoms with Crippen LogP contribution in [0.5, 0.6) is 0 Å². The monoisotopic (exact) mass is 352 g/mol. The third-order valence-electron chi connectivity index (χ3n) is 3.39. The van der Waals surface area contributed by atoms with E-state index in [-0.39, 0.29) is 11.6 Å². The summed E-state index contributed by atoms with van der Waals surface area (Å²) < 4.78 is 7.01. The lowest BCUT2D eigenvalue weighted by Gasteiger charge is -2.07. The van der Waals surface area contributed by atoms with Crippen molar-refractivity contribution in [2.45, 2.75) is 0 Å². The van der Waals surface area contributed by atoms with Gasteiger partial charge in [0.2, 0.25) is 5.90 Å². The molecule has 134 valence electrons. The number of hydrogen-bond acceptors (Lipinski definition) is 6. The fraction of sp³-hybridized carbons (Fsp3) is 0.222. The lowest BCUT2D eigenvalue weighted by Crippen LogP contribution is -2.09. The van der Waals surface area contributed by atoms with Crippen molar-refractivity contribution in [1.29, 1.82) is 0 Å². The van der Waals surface area contributed by atoms with E-state index in [9.17, 15) is 4.79 Å². The highest BCUT2D eigenvalue weighted by molar-refractivity contribution is 6.12. The molecule has 2 aromatic rings. The number of carbonyl (C=O) groups excluding carboxylic acids is 1. The van der Waals surface area contributed by atoms with Crippen LogP contribution >= 0.6 is 0 Å². The van der Waals surface area contributed by atoms with E-state index in [4.69, 9.17) is 4.74 Å². The molecule has 0 saturated heterocycles. The highest BCUT2D eigenvalue weighted by atomic mass is 16.6. The number of benzene rings is 1. The largest absolute Gasteiger partial charge is 0.402 e. The van der Waals surface area contributed by atoms with E-state index in [2.05, 4.69) is 15.1 Å². The number of cyclic esters (lactones) is 1. The molecule has 8 heteroatoms. The molecule has 0 amide bonds. The topological polar surface area (TPSA) is 75.3 Å². The van der Waals surface area contributed by atoms with Crippen LogP contribution in [0.15, 0.2) is 58.4 Å². The lowest BCUT2D eigenvalue weighted by molar-refractivity contribution is -0.130. The molecule has 2 heterocycles. The van der Waals surface area contributed by atoms with Gasteiger partial charge in [-0.1, -0.05) is 18.2 Å². The minimum Gasteiger partial charge on any atom is -0.402 e. The maximum Gasteiger partial charge on any atom is 0.365 e. The first kappa shape index (κ1) is 17.4. The number of carbonyl (C=O) groups is 1. The van der Waals surface area contributed by atoms with Crippen molar-refractivity contribution in [1.82, 2.24) is 19.6 Å². The van der Waals surface area contributed by atoms with Crippen molar-refractivity contribution in [3.8, 4) is 5.69 Å². The van der Waals surface area contributed by atoms with Crippen LogP contribution in [-0.4, -0.2) is 66.0 Å². The average Bonchev–Trinajstić information content (AvgIpc) is 3.17. The molecule has 0 fully saturated rings. The fourth-order valence-corrected chi connectivity index (χ4v) is 2.30. The molecule has 1 aromatic carbocycles. The fourth-order valence-electron chi connectivity index (χ4n) is 2.30. The Morgan fingerprint density at radius 3 is 2.50 bits per heavy atom. The molecular weight excluding hydrogens is 332 g/mol. The molecule has 1 aliphatic heterocycles. The van der Waals surface area contributed by atoms with Crippen LogP contribution in [0, 0.1) is 0 Å². The molecule has 1 aliphatic rings. The van der Waals surface area contributed by atoms with Gasteiger partial charge in [0.15, 0.2) is 11.5 Å². The number of ether oxygens (including phenoxy) is 1. The lowest BCUT2D eigenvalue weighted by atomic mass is 10.3. The molecule has 1 aromatic heterocycles. The number of nitrogens with zero attached hydrogens (tertiary/aromatic N) is 6. The third kappa shape index (κ3) is 3.64. The summed E-state index contributed by atoms with van der Waals surface area (Å²) in [5.41, 5.74) is 1.63. The van der Waals surface area contributed by atoms with Crippen molar-refractivity contribution >= 4 is 24.0 Å². The van der Waals surface area contributed by atoms with Gasteiger partial charge in [-0.2, -0.15) is 5.10 Å². The Hall–Kier alpha value is -3.42. The first-order valence-electron chi connectivity index (χ1n) is 7.99. The van der Waals surface area contributed by atoms with Crippen LogP contribution in [0.1, 0.15) is 5.56 Å². The predicted octanol–water partition coefficient (Wildman–Crippen LogP) is 1.80. The van der Waals surface area contributed by atoms with E-state index >= 15 is 0 Å². The highest BCUT2D eigenvalue weighted by Crippen LogP contribution is 2.27. The van der Waals surface area contributed by atoms with E-state index in [1.54, 1.807) is 28.3 Å². The summed E-state index contributed by atoms with van der Waals surface area (Å²) in [6.45, 7) is 0. The first-order valence-corrected chi connectivity index (χ1v) is 7.99. The van der Waals surface area contributed by atoms with Crippen molar-refractivity contribution in [2.75, 3.05) is 28.2 Å². The number of para-hydroxylation sites is 1. The smallest absolute Gasteiger partial charge is 0.365 e. The van der Waals surface area contributed by atoms with Gasteiger partial charge in [-0.25, -0.2) is 19.5 Å². The summed E-state index contributed by atoms with van der Waals surface area (Å²) in [7, 11) is 7.37. The minimum atomic E-state index is -0.497. The maximum absolute atomic E-state index is 12.0. The molecule has 0 bridgehead atoms. The summed E-state index contributed by atoms with van der Waals surface area (Å²) in [6, 6.07) is 9.61. The quantitative estimate of drug-likeness (QED) is 0.355. The van der Waals surface area contributed by atoms with Crippen LogP contribution in [0.4, 0.5) is 5.82 Å². The molecule has 0 unspecified atom stereocenters. The Balaban J connectivity index is 2.08. The number of aromatic nitrogens is 2. The Bertz CT molecular complexity index is 894. The summed E-state index contributed by atoms with van der Waals surface area (Å²) in [4.78, 5) is 24.4. The van der Waals surface area contributed by atoms with E-state index in [0.717, 1.165) is 5.69 Å². The summed E-state index contributed by atoms with van der Waals surface area (Å²) in [6.07, 6.45) is 4.87. The van der Waals surface area contributed by atoms with E-state index in [0.29, 0.717) is 11.4 Å². The molecular formula is C18H20N6O2. The SMILES string of the molecule is CN(C)C=Nc1c(C2=NC(=CN(C)C)C(=O)O2)cnn1-c1ccccc1. The Kier molecular flexibility index (Phi) is 4.83. The molecule has 0 radical (unpaired) electrons. The van der Waals surface area contributed by atoms with Gasteiger partial charge in [-0.3, -0.25) is 0 Å². The van der Waals surface area contributed by atoms with E-state index < -0.39 is 5.97 Å². The number of hydrogen-bond donors (Lipinski definition) is 0. The van der Waals surface area contributed by atoms with Gasteiger partial charge in [-0.05, 0) is 12.1 Å². The molecule has 8 nitrogen and oxygen atoms in total. The van der Waals surface area contributed by atoms with Crippen LogP contribution < -0.4 is 0 Å². The first-order chi connectivity index (χ1) is 12.5. The second-order valence-corrected chi connectivity index (χ2v) is 6.12. The Labute approximate surface area is 151 Å². The van der Waals surface area contributed by atoms with Crippen LogP contribution in [0.25, 0.3) is 5.69 Å². The average molecular weight is 352 g/mol. The molecule has 0 spiro atoms. The molecule has 0 atom stereocenters. The molecule has 0 saturated carbocycles.